The molecule has 1 heterocycles. The maximum atomic E-state index is 13.4. The van der Waals surface area contributed by atoms with Crippen molar-refractivity contribution in [2.24, 2.45) is 0 Å². The summed E-state index contributed by atoms with van der Waals surface area (Å²) in [6.45, 7) is 4.60. The monoisotopic (exact) mass is 386 g/mol. The largest absolute Gasteiger partial charge is 0.454 e. The zero-order valence-electron chi connectivity index (χ0n) is 16.0. The number of benzene rings is 3. The Balaban J connectivity index is 1.68. The van der Waals surface area contributed by atoms with E-state index in [1.807, 2.05) is 71.6 Å². The fourth-order valence-corrected chi connectivity index (χ4v) is 3.41. The summed E-state index contributed by atoms with van der Waals surface area (Å²) in [6, 6.07) is 24.5. The Kier molecular flexibility index (Phi) is 5.47. The van der Waals surface area contributed by atoms with Gasteiger partial charge in [0, 0.05) is 24.0 Å². The van der Waals surface area contributed by atoms with Gasteiger partial charge < -0.3 is 19.7 Å². The molecule has 0 bridgehead atoms. The molecule has 0 unspecified atom stereocenters. The highest BCUT2D eigenvalue weighted by molar-refractivity contribution is 5.98. The van der Waals surface area contributed by atoms with E-state index in [0.29, 0.717) is 23.7 Å². The standard InChI is InChI=1S/C24H22N2O3/c1-2-15-26(20-11-7-4-8-12-20)23(18-9-5-3-6-10-18)24(27)25-19-13-14-21-22(16-19)29-17-28-21/h2-14,16,23H,1,15,17H2,(H,25,27)/t23-/m1/s1. The molecule has 0 saturated heterocycles. The Hall–Kier alpha value is -3.73. The van der Waals surface area contributed by atoms with Crippen LogP contribution in [-0.4, -0.2) is 19.2 Å². The molecule has 1 aliphatic heterocycles. The van der Waals surface area contributed by atoms with Crippen molar-refractivity contribution in [1.82, 2.24) is 0 Å². The van der Waals surface area contributed by atoms with Gasteiger partial charge in [-0.15, -0.1) is 6.58 Å². The summed E-state index contributed by atoms with van der Waals surface area (Å²) in [6.07, 6.45) is 1.80. The summed E-state index contributed by atoms with van der Waals surface area (Å²) in [7, 11) is 0. The molecule has 29 heavy (non-hydrogen) atoms. The van der Waals surface area contributed by atoms with Crippen LogP contribution in [0.4, 0.5) is 11.4 Å². The lowest BCUT2D eigenvalue weighted by Gasteiger charge is -2.32. The van der Waals surface area contributed by atoms with E-state index in [-0.39, 0.29) is 12.7 Å². The smallest absolute Gasteiger partial charge is 0.251 e. The predicted molar refractivity (Wildman–Crippen MR) is 114 cm³/mol. The quantitative estimate of drug-likeness (QED) is 0.593. The molecular formula is C24H22N2O3. The number of para-hydroxylation sites is 1. The molecule has 0 fully saturated rings. The first-order valence-corrected chi connectivity index (χ1v) is 9.44. The number of fused-ring (bicyclic) bond motifs is 1. The molecule has 1 amide bonds. The number of carbonyl (C=O) groups excluding carboxylic acids is 1. The normalized spacial score (nSPS) is 12.8. The van der Waals surface area contributed by atoms with Crippen molar-refractivity contribution in [2.45, 2.75) is 6.04 Å². The van der Waals surface area contributed by atoms with Crippen molar-refractivity contribution >= 4 is 17.3 Å². The van der Waals surface area contributed by atoms with Gasteiger partial charge >= 0.3 is 0 Å². The van der Waals surface area contributed by atoms with Gasteiger partial charge in [0.15, 0.2) is 11.5 Å². The summed E-state index contributed by atoms with van der Waals surface area (Å²) < 4.78 is 10.8. The zero-order chi connectivity index (χ0) is 20.1. The molecule has 0 saturated carbocycles. The van der Waals surface area contributed by atoms with Crippen LogP contribution in [0, 0.1) is 0 Å². The second kappa shape index (κ2) is 8.52. The van der Waals surface area contributed by atoms with Crippen LogP contribution in [0.5, 0.6) is 11.5 Å². The number of carbonyl (C=O) groups is 1. The number of nitrogens with one attached hydrogen (secondary N) is 1. The molecule has 0 aliphatic carbocycles. The first-order chi connectivity index (χ1) is 14.3. The van der Waals surface area contributed by atoms with Crippen LogP contribution >= 0.6 is 0 Å². The molecule has 146 valence electrons. The topological polar surface area (TPSA) is 50.8 Å². The second-order valence-corrected chi connectivity index (χ2v) is 6.65. The average Bonchev–Trinajstić information content (AvgIpc) is 3.23. The van der Waals surface area contributed by atoms with Gasteiger partial charge in [-0.25, -0.2) is 0 Å². The highest BCUT2D eigenvalue weighted by atomic mass is 16.7. The second-order valence-electron chi connectivity index (χ2n) is 6.65. The van der Waals surface area contributed by atoms with Gasteiger partial charge in [0.2, 0.25) is 6.79 Å². The van der Waals surface area contributed by atoms with Gasteiger partial charge in [-0.1, -0.05) is 54.6 Å². The van der Waals surface area contributed by atoms with Gasteiger partial charge in [0.1, 0.15) is 6.04 Å². The average molecular weight is 386 g/mol. The lowest BCUT2D eigenvalue weighted by atomic mass is 10.0. The summed E-state index contributed by atoms with van der Waals surface area (Å²) in [5, 5.41) is 3.03. The fraction of sp³-hybridized carbons (Fsp3) is 0.125. The Morgan fingerprint density at radius 3 is 2.41 bits per heavy atom. The fourth-order valence-electron chi connectivity index (χ4n) is 3.41. The maximum Gasteiger partial charge on any atom is 0.251 e. The first kappa shape index (κ1) is 18.6. The van der Waals surface area contributed by atoms with Crippen LogP contribution in [0.25, 0.3) is 0 Å². The van der Waals surface area contributed by atoms with Gasteiger partial charge in [-0.05, 0) is 29.8 Å². The van der Waals surface area contributed by atoms with Gasteiger partial charge in [-0.2, -0.15) is 0 Å². The van der Waals surface area contributed by atoms with E-state index in [0.717, 1.165) is 11.3 Å². The van der Waals surface area contributed by atoms with Gasteiger partial charge in [-0.3, -0.25) is 4.79 Å². The van der Waals surface area contributed by atoms with E-state index in [1.54, 1.807) is 18.2 Å². The Morgan fingerprint density at radius 1 is 1.00 bits per heavy atom. The Labute approximate surface area is 170 Å². The summed E-state index contributed by atoms with van der Waals surface area (Å²) in [4.78, 5) is 15.5. The molecule has 1 N–H and O–H groups in total. The van der Waals surface area contributed by atoms with Gasteiger partial charge in [0.05, 0.1) is 0 Å². The summed E-state index contributed by atoms with van der Waals surface area (Å²) >= 11 is 0. The minimum absolute atomic E-state index is 0.138. The molecule has 1 aliphatic rings. The van der Waals surface area contributed by atoms with E-state index < -0.39 is 6.04 Å². The maximum absolute atomic E-state index is 13.4. The number of ether oxygens (including phenoxy) is 2. The molecule has 5 heteroatoms. The number of nitrogens with zero attached hydrogens (tertiary/aromatic N) is 1. The Morgan fingerprint density at radius 2 is 1.69 bits per heavy atom. The van der Waals surface area contributed by atoms with Crippen LogP contribution in [0.2, 0.25) is 0 Å². The van der Waals surface area contributed by atoms with Gasteiger partial charge in [0.25, 0.3) is 5.91 Å². The predicted octanol–water partition coefficient (Wildman–Crippen LogP) is 4.79. The summed E-state index contributed by atoms with van der Waals surface area (Å²) in [5.41, 5.74) is 2.50. The van der Waals surface area contributed by atoms with Crippen molar-refractivity contribution in [2.75, 3.05) is 23.6 Å². The van der Waals surface area contributed by atoms with Crippen molar-refractivity contribution < 1.29 is 14.3 Å². The number of amides is 1. The van der Waals surface area contributed by atoms with Crippen LogP contribution < -0.4 is 19.7 Å². The van der Waals surface area contributed by atoms with Crippen molar-refractivity contribution in [3.63, 3.8) is 0 Å². The van der Waals surface area contributed by atoms with Crippen LogP contribution in [0.15, 0.2) is 91.5 Å². The van der Waals surface area contributed by atoms with E-state index in [1.165, 1.54) is 0 Å². The molecule has 5 nitrogen and oxygen atoms in total. The minimum atomic E-state index is -0.526. The SMILES string of the molecule is C=CCN(c1ccccc1)[C@@H](C(=O)Nc1ccc2c(c1)OCO2)c1ccccc1. The highest BCUT2D eigenvalue weighted by Gasteiger charge is 2.28. The molecule has 4 rings (SSSR count). The van der Waals surface area contributed by atoms with E-state index in [9.17, 15) is 4.79 Å². The summed E-state index contributed by atoms with van der Waals surface area (Å²) in [5.74, 6) is 1.17. The lowest BCUT2D eigenvalue weighted by Crippen LogP contribution is -2.37. The Bertz CT molecular complexity index is 990. The number of rotatable bonds is 7. The lowest BCUT2D eigenvalue weighted by molar-refractivity contribution is -0.117. The van der Waals surface area contributed by atoms with Crippen molar-refractivity contribution in [1.29, 1.82) is 0 Å². The molecule has 1 atom stereocenters. The van der Waals surface area contributed by atoms with Crippen molar-refractivity contribution in [3.05, 3.63) is 97.1 Å². The van der Waals surface area contributed by atoms with Crippen LogP contribution in [0.3, 0.4) is 0 Å². The molecule has 0 aromatic heterocycles. The third-order valence-corrected chi connectivity index (χ3v) is 4.73. The highest BCUT2D eigenvalue weighted by Crippen LogP contribution is 2.35. The van der Waals surface area contributed by atoms with Crippen molar-refractivity contribution in [3.8, 4) is 11.5 Å². The number of anilines is 2. The van der Waals surface area contributed by atoms with Crippen LogP contribution in [-0.2, 0) is 4.79 Å². The van der Waals surface area contributed by atoms with E-state index in [2.05, 4.69) is 11.9 Å². The first-order valence-electron chi connectivity index (χ1n) is 9.44. The van der Waals surface area contributed by atoms with Crippen LogP contribution in [0.1, 0.15) is 11.6 Å². The molecule has 0 spiro atoms. The molecular weight excluding hydrogens is 364 g/mol. The third-order valence-electron chi connectivity index (χ3n) is 4.73. The zero-order valence-corrected chi connectivity index (χ0v) is 16.0. The van der Waals surface area contributed by atoms with E-state index >= 15 is 0 Å². The number of hydrogen-bond donors (Lipinski definition) is 1. The molecule has 0 radical (unpaired) electrons. The minimum Gasteiger partial charge on any atom is -0.454 e. The molecule has 3 aromatic rings. The molecule has 3 aromatic carbocycles. The third kappa shape index (κ3) is 4.09. The number of hydrogen-bond acceptors (Lipinski definition) is 4. The van der Waals surface area contributed by atoms with E-state index in [4.69, 9.17) is 9.47 Å².